The van der Waals surface area contributed by atoms with Crippen LogP contribution in [0.2, 0.25) is 0 Å². The normalized spacial score (nSPS) is 23.5. The van der Waals surface area contributed by atoms with Crippen LogP contribution in [0.1, 0.15) is 29.9 Å². The Morgan fingerprint density at radius 1 is 0.578 bits per heavy atom. The molecule has 4 unspecified atom stereocenters. The summed E-state index contributed by atoms with van der Waals surface area (Å²) >= 11 is 0. The summed E-state index contributed by atoms with van der Waals surface area (Å²) in [6.07, 6.45) is 22.0. The second-order valence-corrected chi connectivity index (χ2v) is 12.6. The van der Waals surface area contributed by atoms with Gasteiger partial charge in [0.25, 0.3) is 0 Å². The molecule has 0 N–H and O–H groups in total. The molecule has 9 rings (SSSR count). The van der Waals surface area contributed by atoms with Gasteiger partial charge >= 0.3 is 0 Å². The summed E-state index contributed by atoms with van der Waals surface area (Å²) in [5, 5.41) is 0. The predicted octanol–water partition coefficient (Wildman–Crippen LogP) is 10.3. The fraction of sp³-hybridized carbons (Fsp3) is 0.119. The van der Waals surface area contributed by atoms with E-state index < -0.39 is 0 Å². The van der Waals surface area contributed by atoms with Gasteiger partial charge in [0.2, 0.25) is 0 Å². The molecule has 45 heavy (non-hydrogen) atoms. The number of aromatic nitrogens is 1. The lowest BCUT2D eigenvalue weighted by Crippen LogP contribution is -2.41. The van der Waals surface area contributed by atoms with Crippen LogP contribution in [0.4, 0.5) is 22.7 Å². The third-order valence-electron chi connectivity index (χ3n) is 10.1. The van der Waals surface area contributed by atoms with E-state index in [0.29, 0.717) is 11.8 Å². The summed E-state index contributed by atoms with van der Waals surface area (Å²) in [4.78, 5) is 9.73. The van der Waals surface area contributed by atoms with E-state index in [1.54, 1.807) is 0 Å². The molecule has 2 aliphatic carbocycles. The minimum Gasteiger partial charge on any atom is -0.333 e. The number of pyridine rings is 1. The van der Waals surface area contributed by atoms with Crippen molar-refractivity contribution in [2.24, 2.45) is 0 Å². The average Bonchev–Trinajstić information content (AvgIpc) is 3.58. The molecule has 0 radical (unpaired) electrons. The molecule has 2 aliphatic heterocycles. The SMILES string of the molecule is CC12C=CC=CC1c1ccccc1N2c1cccc(-c2cncc(-c3cccc(N4c5ccccc5C5C=CC=CC54)c3)c2)c1. The van der Waals surface area contributed by atoms with E-state index in [4.69, 9.17) is 4.98 Å². The Labute approximate surface area is 264 Å². The number of rotatable bonds is 4. The molecule has 216 valence electrons. The minimum absolute atomic E-state index is 0.159. The summed E-state index contributed by atoms with van der Waals surface area (Å²) in [5.74, 6) is 0.685. The van der Waals surface area contributed by atoms with Gasteiger partial charge in [0.05, 0.1) is 11.6 Å². The monoisotopic (exact) mass is 579 g/mol. The van der Waals surface area contributed by atoms with Crippen molar-refractivity contribution < 1.29 is 0 Å². The van der Waals surface area contributed by atoms with E-state index in [1.807, 2.05) is 12.4 Å². The molecule has 0 saturated heterocycles. The van der Waals surface area contributed by atoms with E-state index >= 15 is 0 Å². The van der Waals surface area contributed by atoms with E-state index in [0.717, 1.165) is 22.3 Å². The minimum atomic E-state index is -0.159. The third kappa shape index (κ3) is 4.00. The Hall–Kier alpha value is -5.41. The largest absolute Gasteiger partial charge is 0.333 e. The first-order valence-corrected chi connectivity index (χ1v) is 15.8. The highest BCUT2D eigenvalue weighted by atomic mass is 15.2. The smallest absolute Gasteiger partial charge is 0.0712 e. The maximum atomic E-state index is 4.74. The number of hydrogen-bond donors (Lipinski definition) is 0. The molecule has 0 spiro atoms. The Morgan fingerprint density at radius 2 is 1.24 bits per heavy atom. The van der Waals surface area contributed by atoms with Crippen LogP contribution in [-0.4, -0.2) is 16.6 Å². The number of hydrogen-bond acceptors (Lipinski definition) is 3. The number of anilines is 4. The number of para-hydroxylation sites is 2. The van der Waals surface area contributed by atoms with Crippen molar-refractivity contribution in [1.29, 1.82) is 0 Å². The summed E-state index contributed by atoms with van der Waals surface area (Å²) in [6, 6.07) is 38.0. The van der Waals surface area contributed by atoms with Gasteiger partial charge in [-0.05, 0) is 71.6 Å². The van der Waals surface area contributed by atoms with E-state index in [9.17, 15) is 0 Å². The van der Waals surface area contributed by atoms with Crippen LogP contribution in [0, 0.1) is 0 Å². The van der Waals surface area contributed by atoms with Gasteiger partial charge in [0.1, 0.15) is 0 Å². The van der Waals surface area contributed by atoms with Crippen molar-refractivity contribution in [2.45, 2.75) is 30.3 Å². The molecule has 4 aromatic carbocycles. The van der Waals surface area contributed by atoms with Crippen LogP contribution in [-0.2, 0) is 0 Å². The van der Waals surface area contributed by atoms with Crippen molar-refractivity contribution in [3.05, 3.63) is 175 Å². The first-order chi connectivity index (χ1) is 22.2. The van der Waals surface area contributed by atoms with Crippen molar-refractivity contribution in [2.75, 3.05) is 9.80 Å². The van der Waals surface area contributed by atoms with E-state index in [-0.39, 0.29) is 11.6 Å². The van der Waals surface area contributed by atoms with Gasteiger partial charge in [-0.1, -0.05) is 109 Å². The fourth-order valence-electron chi connectivity index (χ4n) is 7.99. The van der Waals surface area contributed by atoms with E-state index in [2.05, 4.69) is 168 Å². The molecule has 3 heteroatoms. The highest BCUT2D eigenvalue weighted by Gasteiger charge is 2.46. The number of benzene rings is 4. The summed E-state index contributed by atoms with van der Waals surface area (Å²) in [7, 11) is 0. The van der Waals surface area contributed by atoms with Gasteiger partial charge in [-0.3, -0.25) is 4.98 Å². The molecule has 3 nitrogen and oxygen atoms in total. The van der Waals surface area contributed by atoms with Crippen molar-refractivity contribution in [3.8, 4) is 22.3 Å². The van der Waals surface area contributed by atoms with Gasteiger partial charge in [-0.2, -0.15) is 0 Å². The van der Waals surface area contributed by atoms with Crippen LogP contribution < -0.4 is 9.80 Å². The van der Waals surface area contributed by atoms with Gasteiger partial charge in [-0.15, -0.1) is 0 Å². The van der Waals surface area contributed by atoms with Gasteiger partial charge in [-0.25, -0.2) is 0 Å². The van der Waals surface area contributed by atoms with Crippen LogP contribution in [0.25, 0.3) is 22.3 Å². The lowest BCUT2D eigenvalue weighted by molar-refractivity contribution is 0.542. The molecule has 1 aromatic heterocycles. The van der Waals surface area contributed by atoms with Gasteiger partial charge in [0, 0.05) is 58.1 Å². The first kappa shape index (κ1) is 26.0. The zero-order valence-corrected chi connectivity index (χ0v) is 25.2. The number of nitrogens with zero attached hydrogens (tertiary/aromatic N) is 3. The predicted molar refractivity (Wildman–Crippen MR) is 187 cm³/mol. The molecule has 0 saturated carbocycles. The molecule has 3 heterocycles. The van der Waals surface area contributed by atoms with Crippen molar-refractivity contribution in [1.82, 2.24) is 4.98 Å². The fourth-order valence-corrected chi connectivity index (χ4v) is 7.99. The maximum absolute atomic E-state index is 4.74. The van der Waals surface area contributed by atoms with Gasteiger partial charge in [0.15, 0.2) is 0 Å². The Bertz CT molecular complexity index is 2080. The molecular weight excluding hydrogens is 546 g/mol. The number of allylic oxidation sites excluding steroid dienone is 4. The maximum Gasteiger partial charge on any atom is 0.0712 e. The lowest BCUT2D eigenvalue weighted by atomic mass is 9.80. The molecular formula is C42H33N3. The molecule has 0 fully saturated rings. The lowest BCUT2D eigenvalue weighted by Gasteiger charge is -2.39. The third-order valence-corrected chi connectivity index (χ3v) is 10.1. The van der Waals surface area contributed by atoms with Crippen LogP contribution in [0.5, 0.6) is 0 Å². The second kappa shape index (κ2) is 10.1. The standard InChI is InChI=1S/C42H33N3/c1-42-23-9-8-19-38(42)37-18-4-7-22-41(37)45(42)34-15-11-13-30(26-34)32-24-31(27-43-28-32)29-12-10-14-33(25-29)44-39-20-5-2-16-35(39)36-17-3-6-21-40(36)44/h2-28,35,38-39H,1H3. The molecule has 0 amide bonds. The highest BCUT2D eigenvalue weighted by molar-refractivity contribution is 5.82. The molecule has 4 aliphatic rings. The summed E-state index contributed by atoms with van der Waals surface area (Å²) < 4.78 is 0. The van der Waals surface area contributed by atoms with Crippen molar-refractivity contribution in [3.63, 3.8) is 0 Å². The van der Waals surface area contributed by atoms with Crippen LogP contribution in [0.3, 0.4) is 0 Å². The second-order valence-electron chi connectivity index (χ2n) is 12.6. The molecule has 5 aromatic rings. The Kier molecular flexibility index (Phi) is 5.82. The Morgan fingerprint density at radius 3 is 2.07 bits per heavy atom. The van der Waals surface area contributed by atoms with Crippen LogP contribution in [0.15, 0.2) is 164 Å². The molecule has 4 atom stereocenters. The first-order valence-electron chi connectivity index (χ1n) is 15.8. The number of fused-ring (bicyclic) bond motifs is 6. The summed E-state index contributed by atoms with van der Waals surface area (Å²) in [5.41, 5.74) is 12.1. The average molecular weight is 580 g/mol. The van der Waals surface area contributed by atoms with E-state index in [1.165, 1.54) is 33.9 Å². The van der Waals surface area contributed by atoms with Crippen molar-refractivity contribution >= 4 is 22.7 Å². The van der Waals surface area contributed by atoms with Crippen LogP contribution >= 0.6 is 0 Å². The zero-order chi connectivity index (χ0) is 30.0. The Balaban J connectivity index is 1.08. The van der Waals surface area contributed by atoms with Gasteiger partial charge < -0.3 is 9.80 Å². The zero-order valence-electron chi connectivity index (χ0n) is 25.2. The summed E-state index contributed by atoms with van der Waals surface area (Å²) in [6.45, 7) is 2.35. The quantitative estimate of drug-likeness (QED) is 0.211. The topological polar surface area (TPSA) is 19.4 Å². The highest BCUT2D eigenvalue weighted by Crippen LogP contribution is 2.54. The molecule has 0 bridgehead atoms.